The van der Waals surface area contributed by atoms with Crippen LogP contribution in [0.2, 0.25) is 0 Å². The number of hydrogen-bond donors (Lipinski definition) is 2. The average Bonchev–Trinajstić information content (AvgIpc) is 2.26. The molecule has 1 heterocycles. The Hall–Kier alpha value is -0.750. The molecule has 1 fully saturated rings. The zero-order valence-corrected chi connectivity index (χ0v) is 9.44. The van der Waals surface area contributed by atoms with Gasteiger partial charge >= 0.3 is 5.97 Å². The van der Waals surface area contributed by atoms with Crippen molar-refractivity contribution in [2.75, 3.05) is 12.8 Å². The van der Waals surface area contributed by atoms with Gasteiger partial charge in [-0.3, -0.25) is 9.59 Å². The van der Waals surface area contributed by atoms with E-state index in [-0.39, 0.29) is 11.3 Å². The molecule has 86 valence electrons. The number of nitrogens with two attached hydrogens (primary N) is 1. The van der Waals surface area contributed by atoms with Crippen LogP contribution in [-0.4, -0.2) is 52.5 Å². The summed E-state index contributed by atoms with van der Waals surface area (Å²) < 4.78 is 0. The largest absolute Gasteiger partial charge is 0.480 e. The second-order valence-corrected chi connectivity index (χ2v) is 4.69. The van der Waals surface area contributed by atoms with Gasteiger partial charge in [-0.25, -0.2) is 0 Å². The number of rotatable bonds is 4. The first-order chi connectivity index (χ1) is 7.11. The van der Waals surface area contributed by atoms with Crippen LogP contribution in [0.25, 0.3) is 0 Å². The lowest BCUT2D eigenvalue weighted by atomic mass is 9.96. The summed E-state index contributed by atoms with van der Waals surface area (Å²) in [6.07, 6.45) is 4.45. The molecule has 15 heavy (non-hydrogen) atoms. The third-order valence-corrected chi connectivity index (χ3v) is 3.88. The highest BCUT2D eigenvalue weighted by Crippen LogP contribution is 2.27. The van der Waals surface area contributed by atoms with Crippen LogP contribution < -0.4 is 5.73 Å². The molecule has 0 radical (unpaired) electrons. The van der Waals surface area contributed by atoms with Crippen LogP contribution >= 0.6 is 11.8 Å². The van der Waals surface area contributed by atoms with Crippen LogP contribution in [0.5, 0.6) is 0 Å². The van der Waals surface area contributed by atoms with Crippen LogP contribution in [0.4, 0.5) is 0 Å². The standard InChI is InChI=1S/C9H16N2O3S/c1-15-6-3-2-4-11(5-12)8(6)7(10)9(13)14/h5-8H,2-4,10H2,1H3,(H,13,14). The molecule has 3 N–H and O–H groups in total. The van der Waals surface area contributed by atoms with Gasteiger partial charge in [0, 0.05) is 11.8 Å². The van der Waals surface area contributed by atoms with Crippen molar-refractivity contribution >= 4 is 24.1 Å². The van der Waals surface area contributed by atoms with Gasteiger partial charge in [0.1, 0.15) is 6.04 Å². The van der Waals surface area contributed by atoms with Gasteiger partial charge in [-0.1, -0.05) is 0 Å². The van der Waals surface area contributed by atoms with E-state index in [1.54, 1.807) is 11.8 Å². The van der Waals surface area contributed by atoms with Crippen molar-refractivity contribution in [1.82, 2.24) is 4.90 Å². The maximum absolute atomic E-state index is 10.8. The first-order valence-corrected chi connectivity index (χ1v) is 6.12. The number of piperidine rings is 1. The fraction of sp³-hybridized carbons (Fsp3) is 0.778. The Morgan fingerprint density at radius 1 is 1.73 bits per heavy atom. The lowest BCUT2D eigenvalue weighted by Gasteiger charge is -2.40. The minimum Gasteiger partial charge on any atom is -0.480 e. The van der Waals surface area contributed by atoms with E-state index in [2.05, 4.69) is 0 Å². The van der Waals surface area contributed by atoms with Crippen molar-refractivity contribution in [3.8, 4) is 0 Å². The van der Waals surface area contributed by atoms with E-state index in [9.17, 15) is 9.59 Å². The molecule has 1 aliphatic rings. The van der Waals surface area contributed by atoms with Gasteiger partial charge in [0.05, 0.1) is 6.04 Å². The molecule has 0 aromatic carbocycles. The number of aliphatic carboxylic acids is 1. The molecule has 6 heteroatoms. The molecule has 3 atom stereocenters. The van der Waals surface area contributed by atoms with E-state index in [1.807, 2.05) is 6.26 Å². The van der Waals surface area contributed by atoms with Crippen molar-refractivity contribution in [1.29, 1.82) is 0 Å². The molecule has 0 aromatic heterocycles. The van der Waals surface area contributed by atoms with Gasteiger partial charge in [-0.05, 0) is 19.1 Å². The smallest absolute Gasteiger partial charge is 0.322 e. The SMILES string of the molecule is CSC1CCCN(C=O)C1C(N)C(=O)O. The number of thioether (sulfide) groups is 1. The monoisotopic (exact) mass is 232 g/mol. The lowest BCUT2D eigenvalue weighted by molar-refractivity contribution is -0.141. The third-order valence-electron chi connectivity index (χ3n) is 2.76. The molecule has 1 amide bonds. The highest BCUT2D eigenvalue weighted by atomic mass is 32.2. The molecular formula is C9H16N2O3S. The molecule has 1 saturated heterocycles. The van der Waals surface area contributed by atoms with Crippen molar-refractivity contribution < 1.29 is 14.7 Å². The quantitative estimate of drug-likeness (QED) is 0.653. The summed E-state index contributed by atoms with van der Waals surface area (Å²) in [5, 5.41) is 9.00. The minimum atomic E-state index is -1.05. The number of likely N-dealkylation sites (tertiary alicyclic amines) is 1. The predicted molar refractivity (Wildman–Crippen MR) is 58.7 cm³/mol. The zero-order valence-electron chi connectivity index (χ0n) is 8.63. The number of carboxylic acids is 1. The van der Waals surface area contributed by atoms with E-state index in [0.29, 0.717) is 13.0 Å². The third kappa shape index (κ3) is 2.63. The zero-order chi connectivity index (χ0) is 11.4. The lowest BCUT2D eigenvalue weighted by Crippen LogP contribution is -2.58. The second-order valence-electron chi connectivity index (χ2n) is 3.61. The Kier molecular flexibility index (Phi) is 4.41. The second kappa shape index (κ2) is 5.37. The Bertz CT molecular complexity index is 248. The molecule has 0 aliphatic carbocycles. The number of carbonyl (C=O) groups is 2. The molecule has 1 aliphatic heterocycles. The molecule has 3 unspecified atom stereocenters. The van der Waals surface area contributed by atoms with Gasteiger partial charge in [-0.2, -0.15) is 11.8 Å². The van der Waals surface area contributed by atoms with Crippen LogP contribution in [0, 0.1) is 0 Å². The molecular weight excluding hydrogens is 216 g/mol. The summed E-state index contributed by atoms with van der Waals surface area (Å²) in [5.41, 5.74) is 5.61. The predicted octanol–water partition coefficient (Wildman–Crippen LogP) is -0.249. The molecule has 0 aromatic rings. The Balaban J connectivity index is 2.82. The van der Waals surface area contributed by atoms with Crippen molar-refractivity contribution in [2.45, 2.75) is 30.2 Å². The first-order valence-electron chi connectivity index (χ1n) is 4.84. The molecule has 0 spiro atoms. The highest BCUT2D eigenvalue weighted by molar-refractivity contribution is 7.99. The normalized spacial score (nSPS) is 28.5. The summed E-state index contributed by atoms with van der Waals surface area (Å²) in [5.74, 6) is -1.05. The average molecular weight is 232 g/mol. The number of carboxylic acid groups (broad SMARTS) is 1. The summed E-state index contributed by atoms with van der Waals surface area (Å²) in [6, 6.07) is -1.38. The van der Waals surface area contributed by atoms with E-state index >= 15 is 0 Å². The Labute approximate surface area is 93.0 Å². The summed E-state index contributed by atoms with van der Waals surface area (Å²) in [4.78, 5) is 23.2. The summed E-state index contributed by atoms with van der Waals surface area (Å²) in [7, 11) is 0. The molecule has 1 rings (SSSR count). The summed E-state index contributed by atoms with van der Waals surface area (Å²) in [6.45, 7) is 0.603. The highest BCUT2D eigenvalue weighted by Gasteiger charge is 2.37. The van der Waals surface area contributed by atoms with E-state index in [1.165, 1.54) is 4.90 Å². The van der Waals surface area contributed by atoms with E-state index in [0.717, 1.165) is 12.8 Å². The van der Waals surface area contributed by atoms with E-state index in [4.69, 9.17) is 10.8 Å². The number of hydrogen-bond acceptors (Lipinski definition) is 4. The topological polar surface area (TPSA) is 83.6 Å². The van der Waals surface area contributed by atoms with Gasteiger partial charge in [0.25, 0.3) is 0 Å². The number of nitrogens with zero attached hydrogens (tertiary/aromatic N) is 1. The number of carbonyl (C=O) groups excluding carboxylic acids is 1. The molecule has 0 saturated carbocycles. The maximum Gasteiger partial charge on any atom is 0.322 e. The van der Waals surface area contributed by atoms with E-state index < -0.39 is 12.0 Å². The fourth-order valence-electron chi connectivity index (χ4n) is 1.97. The maximum atomic E-state index is 10.8. The molecule has 5 nitrogen and oxygen atoms in total. The Morgan fingerprint density at radius 2 is 2.40 bits per heavy atom. The minimum absolute atomic E-state index is 0.120. The van der Waals surface area contributed by atoms with Crippen LogP contribution in [0.15, 0.2) is 0 Å². The van der Waals surface area contributed by atoms with Crippen LogP contribution in [0.1, 0.15) is 12.8 Å². The van der Waals surface area contributed by atoms with Gasteiger partial charge < -0.3 is 15.7 Å². The Morgan fingerprint density at radius 3 is 2.87 bits per heavy atom. The first kappa shape index (κ1) is 12.3. The van der Waals surface area contributed by atoms with Gasteiger partial charge in [-0.15, -0.1) is 0 Å². The number of amides is 1. The van der Waals surface area contributed by atoms with Gasteiger partial charge in [0.15, 0.2) is 0 Å². The molecule has 0 bridgehead atoms. The van der Waals surface area contributed by atoms with Gasteiger partial charge in [0.2, 0.25) is 6.41 Å². The summed E-state index contributed by atoms with van der Waals surface area (Å²) >= 11 is 1.57. The van der Waals surface area contributed by atoms with Crippen molar-refractivity contribution in [3.05, 3.63) is 0 Å². The van der Waals surface area contributed by atoms with Crippen molar-refractivity contribution in [2.24, 2.45) is 5.73 Å². The fourth-order valence-corrected chi connectivity index (χ4v) is 2.98. The van der Waals surface area contributed by atoms with Crippen LogP contribution in [-0.2, 0) is 9.59 Å². The van der Waals surface area contributed by atoms with Crippen LogP contribution in [0.3, 0.4) is 0 Å². The van der Waals surface area contributed by atoms with Crippen molar-refractivity contribution in [3.63, 3.8) is 0 Å².